The maximum absolute atomic E-state index is 11.8. The zero-order chi connectivity index (χ0) is 21.0. The summed E-state index contributed by atoms with van der Waals surface area (Å²) in [5.74, 6) is 1.80. The van der Waals surface area contributed by atoms with Crippen molar-refractivity contribution in [2.24, 2.45) is 10.9 Å². The third-order valence-electron chi connectivity index (χ3n) is 5.21. The van der Waals surface area contributed by atoms with Gasteiger partial charge in [-0.25, -0.2) is 9.78 Å². The van der Waals surface area contributed by atoms with E-state index in [0.717, 1.165) is 30.8 Å². The van der Waals surface area contributed by atoms with Gasteiger partial charge in [-0.2, -0.15) is 0 Å². The van der Waals surface area contributed by atoms with Crippen LogP contribution in [0.15, 0.2) is 35.0 Å². The Bertz CT molecular complexity index is 816. The van der Waals surface area contributed by atoms with Gasteiger partial charge in [-0.15, -0.1) is 0 Å². The lowest BCUT2D eigenvalue weighted by molar-refractivity contribution is -0.116. The summed E-state index contributed by atoms with van der Waals surface area (Å²) in [6.45, 7) is 6.00. The second-order valence-corrected chi connectivity index (χ2v) is 7.86. The number of pyridine rings is 1. The Hall–Kier alpha value is -2.90. The average Bonchev–Trinajstić information content (AvgIpc) is 3.30. The summed E-state index contributed by atoms with van der Waals surface area (Å²) in [7, 11) is 1.72. The van der Waals surface area contributed by atoms with Gasteiger partial charge in [0.05, 0.1) is 18.4 Å². The molecule has 2 heterocycles. The quantitative estimate of drug-likeness (QED) is 0.793. The second kappa shape index (κ2) is 9.07. The maximum atomic E-state index is 11.8. The third kappa shape index (κ3) is 5.56. The summed E-state index contributed by atoms with van der Waals surface area (Å²) in [5, 5.41) is 5.99. The lowest BCUT2D eigenvalue weighted by Crippen LogP contribution is -2.33. The van der Waals surface area contributed by atoms with Crippen molar-refractivity contribution in [3.8, 4) is 0 Å². The van der Waals surface area contributed by atoms with Crippen LogP contribution in [0.4, 0.5) is 16.3 Å². The molecule has 156 valence electrons. The first-order valence-electron chi connectivity index (χ1n) is 10.0. The largest absolute Gasteiger partial charge is 0.446 e. The molecule has 2 aliphatic rings. The number of nitrogens with one attached hydrogen (secondary N) is 2. The van der Waals surface area contributed by atoms with Crippen LogP contribution in [0.2, 0.25) is 0 Å². The Morgan fingerprint density at radius 3 is 2.72 bits per heavy atom. The molecule has 0 radical (unpaired) electrons. The van der Waals surface area contributed by atoms with Crippen molar-refractivity contribution in [3.63, 3.8) is 0 Å². The molecule has 0 bridgehead atoms. The van der Waals surface area contributed by atoms with Crippen LogP contribution in [-0.4, -0.2) is 48.6 Å². The summed E-state index contributed by atoms with van der Waals surface area (Å²) in [6, 6.07) is 3.75. The minimum atomic E-state index is -0.338. The van der Waals surface area contributed by atoms with E-state index >= 15 is 0 Å². The van der Waals surface area contributed by atoms with Gasteiger partial charge in [0.2, 0.25) is 5.91 Å². The van der Waals surface area contributed by atoms with Crippen LogP contribution in [0, 0.1) is 5.92 Å². The number of hydrogen-bond acceptors (Lipinski definition) is 6. The van der Waals surface area contributed by atoms with Crippen molar-refractivity contribution in [1.29, 1.82) is 0 Å². The van der Waals surface area contributed by atoms with Crippen molar-refractivity contribution >= 4 is 29.3 Å². The summed E-state index contributed by atoms with van der Waals surface area (Å²) >= 11 is 0. The van der Waals surface area contributed by atoms with Gasteiger partial charge < -0.3 is 20.3 Å². The first-order valence-corrected chi connectivity index (χ1v) is 10.0. The molecule has 8 heteroatoms. The molecule has 29 heavy (non-hydrogen) atoms. The Kier molecular flexibility index (Phi) is 6.51. The summed E-state index contributed by atoms with van der Waals surface area (Å²) in [4.78, 5) is 33.7. The number of aliphatic imine (C=N–C) groups is 1. The maximum Gasteiger partial charge on any atom is 0.407 e. The second-order valence-electron chi connectivity index (χ2n) is 7.86. The number of carbonyl (C=O) groups excluding carboxylic acids is 2. The first kappa shape index (κ1) is 20.8. The summed E-state index contributed by atoms with van der Waals surface area (Å²) in [6.07, 6.45) is 6.06. The molecule has 2 atom stereocenters. The van der Waals surface area contributed by atoms with Crippen molar-refractivity contribution < 1.29 is 14.3 Å². The number of amides is 2. The molecule has 8 nitrogen and oxygen atoms in total. The number of nitrogens with zero attached hydrogens (tertiary/aromatic N) is 3. The van der Waals surface area contributed by atoms with Crippen LogP contribution in [-0.2, 0) is 9.53 Å². The molecule has 0 unspecified atom stereocenters. The van der Waals surface area contributed by atoms with E-state index in [1.807, 2.05) is 26.0 Å². The van der Waals surface area contributed by atoms with Crippen molar-refractivity contribution in [1.82, 2.24) is 10.3 Å². The minimum absolute atomic E-state index is 0.0378. The Balaban J connectivity index is 1.51. The predicted octanol–water partition coefficient (Wildman–Crippen LogP) is 3.12. The molecule has 0 aromatic carbocycles. The highest BCUT2D eigenvalue weighted by Gasteiger charge is 2.31. The Labute approximate surface area is 171 Å². The van der Waals surface area contributed by atoms with Crippen LogP contribution in [0.25, 0.3) is 0 Å². The molecule has 0 saturated heterocycles. The molecule has 3 rings (SSSR count). The topological polar surface area (TPSA) is 95.9 Å². The van der Waals surface area contributed by atoms with E-state index in [0.29, 0.717) is 18.3 Å². The van der Waals surface area contributed by atoms with Crippen molar-refractivity contribution in [3.05, 3.63) is 30.0 Å². The molecule has 0 spiro atoms. The SMILES string of the molecule is CC(=O)N(C)c1ccc(NC2=NCC([C@H]3CC[C@@H](OC(=O)NC(C)C)C3)=C2)nc1. The van der Waals surface area contributed by atoms with Crippen LogP contribution < -0.4 is 15.5 Å². The predicted molar refractivity (Wildman–Crippen MR) is 113 cm³/mol. The highest BCUT2D eigenvalue weighted by atomic mass is 16.6. The highest BCUT2D eigenvalue weighted by Crippen LogP contribution is 2.34. The van der Waals surface area contributed by atoms with Gasteiger partial charge in [0, 0.05) is 20.0 Å². The first-order chi connectivity index (χ1) is 13.8. The summed E-state index contributed by atoms with van der Waals surface area (Å²) in [5.41, 5.74) is 2.00. The van der Waals surface area contributed by atoms with Gasteiger partial charge in [0.25, 0.3) is 0 Å². The van der Waals surface area contributed by atoms with E-state index in [9.17, 15) is 9.59 Å². The third-order valence-corrected chi connectivity index (χ3v) is 5.21. The zero-order valence-electron chi connectivity index (χ0n) is 17.4. The molecular formula is C21H29N5O3. The molecule has 1 aliphatic carbocycles. The number of aromatic nitrogens is 1. The number of hydrogen-bond donors (Lipinski definition) is 2. The van der Waals surface area contributed by atoms with Gasteiger partial charge in [-0.05, 0) is 62.8 Å². The smallest absolute Gasteiger partial charge is 0.407 e. The number of ether oxygens (including phenoxy) is 1. The van der Waals surface area contributed by atoms with Crippen LogP contribution in [0.3, 0.4) is 0 Å². The van der Waals surface area contributed by atoms with Gasteiger partial charge >= 0.3 is 6.09 Å². The van der Waals surface area contributed by atoms with Gasteiger partial charge in [-0.3, -0.25) is 9.79 Å². The van der Waals surface area contributed by atoms with Crippen molar-refractivity contribution in [2.75, 3.05) is 23.8 Å². The zero-order valence-corrected chi connectivity index (χ0v) is 17.4. The van der Waals surface area contributed by atoms with E-state index in [4.69, 9.17) is 4.74 Å². The molecule has 1 saturated carbocycles. The Morgan fingerprint density at radius 1 is 1.28 bits per heavy atom. The van der Waals surface area contributed by atoms with Crippen LogP contribution in [0.1, 0.15) is 40.0 Å². The number of rotatable bonds is 5. The minimum Gasteiger partial charge on any atom is -0.446 e. The average molecular weight is 399 g/mol. The molecule has 2 N–H and O–H groups in total. The number of alkyl carbamates (subject to hydrolysis) is 1. The van der Waals surface area contributed by atoms with E-state index in [1.54, 1.807) is 18.1 Å². The number of anilines is 2. The summed E-state index contributed by atoms with van der Waals surface area (Å²) < 4.78 is 5.51. The fraction of sp³-hybridized carbons (Fsp3) is 0.524. The van der Waals surface area contributed by atoms with Crippen LogP contribution >= 0.6 is 0 Å². The normalized spacial score (nSPS) is 20.9. The highest BCUT2D eigenvalue weighted by molar-refractivity contribution is 6.05. The lowest BCUT2D eigenvalue weighted by Gasteiger charge is -2.15. The molecule has 1 aromatic rings. The monoisotopic (exact) mass is 399 g/mol. The number of amidine groups is 1. The molecule has 1 aromatic heterocycles. The molecule has 1 aliphatic heterocycles. The Morgan fingerprint density at radius 2 is 2.07 bits per heavy atom. The molecule has 2 amide bonds. The van der Waals surface area contributed by atoms with E-state index in [1.165, 1.54) is 12.5 Å². The van der Waals surface area contributed by atoms with Crippen LogP contribution in [0.5, 0.6) is 0 Å². The molecule has 1 fully saturated rings. The fourth-order valence-electron chi connectivity index (χ4n) is 3.54. The van der Waals surface area contributed by atoms with Gasteiger partial charge in [0.15, 0.2) is 0 Å². The van der Waals surface area contributed by atoms with Crippen molar-refractivity contribution in [2.45, 2.75) is 52.2 Å². The van der Waals surface area contributed by atoms with E-state index < -0.39 is 0 Å². The van der Waals surface area contributed by atoms with E-state index in [2.05, 4.69) is 26.7 Å². The number of carbonyl (C=O) groups is 2. The fourth-order valence-corrected chi connectivity index (χ4v) is 3.54. The van der Waals surface area contributed by atoms with Gasteiger partial charge in [-0.1, -0.05) is 0 Å². The van der Waals surface area contributed by atoms with Gasteiger partial charge in [0.1, 0.15) is 17.8 Å². The standard InChI is InChI=1S/C21H29N5O3/c1-13(2)24-21(28)29-18-7-5-15(9-18)16-10-20(22-11-16)25-19-8-6-17(12-23-19)26(4)14(3)27/h6,8,10,12-13,15,18H,5,7,9,11H2,1-4H3,(H,24,28)(H,22,23,25)/t15-,18+/m0/s1. The molecular weight excluding hydrogens is 370 g/mol. The van der Waals surface area contributed by atoms with E-state index in [-0.39, 0.29) is 24.1 Å². The lowest BCUT2D eigenvalue weighted by atomic mass is 9.98.